The molecule has 0 aliphatic carbocycles. The van der Waals surface area contributed by atoms with Gasteiger partial charge in [0.2, 0.25) is 0 Å². The van der Waals surface area contributed by atoms with Crippen molar-refractivity contribution in [3.63, 3.8) is 0 Å². The highest BCUT2D eigenvalue weighted by Crippen LogP contribution is 2.19. The highest BCUT2D eigenvalue weighted by Gasteiger charge is 2.01. The topological polar surface area (TPSA) is 35.0 Å². The first-order chi connectivity index (χ1) is 11.7. The van der Waals surface area contributed by atoms with E-state index < -0.39 is 6.17 Å². The van der Waals surface area contributed by atoms with Crippen LogP contribution < -0.4 is 4.74 Å². The van der Waals surface area contributed by atoms with Crippen LogP contribution in [0.5, 0.6) is 6.01 Å². The summed E-state index contributed by atoms with van der Waals surface area (Å²) in [5.74, 6) is 6.17. The summed E-state index contributed by atoms with van der Waals surface area (Å²) in [6, 6.07) is 8.22. The van der Waals surface area contributed by atoms with Gasteiger partial charge in [-0.05, 0) is 37.5 Å². The van der Waals surface area contributed by atoms with Crippen molar-refractivity contribution < 1.29 is 9.13 Å². The number of hydrogen-bond donors (Lipinski definition) is 0. The number of unbranched alkanes of at least 4 members (excludes halogenated alkanes) is 1. The SMILES string of the molecule is C=CCOc1ncc(-c2ccc(C#CCCCC(C)F)cc2)cn1. The molecule has 0 spiro atoms. The van der Waals surface area contributed by atoms with Gasteiger partial charge in [-0.25, -0.2) is 14.4 Å². The van der Waals surface area contributed by atoms with Gasteiger partial charge in [0.05, 0.1) is 6.17 Å². The predicted octanol–water partition coefficient (Wildman–Crippen LogP) is 4.59. The summed E-state index contributed by atoms with van der Waals surface area (Å²) in [7, 11) is 0. The normalized spacial score (nSPS) is 11.2. The fourth-order valence-electron chi connectivity index (χ4n) is 2.06. The zero-order valence-corrected chi connectivity index (χ0v) is 13.8. The Hall–Kier alpha value is -2.67. The van der Waals surface area contributed by atoms with Crippen LogP contribution in [-0.4, -0.2) is 22.7 Å². The molecule has 24 heavy (non-hydrogen) atoms. The summed E-state index contributed by atoms with van der Waals surface area (Å²) in [5.41, 5.74) is 2.87. The molecule has 0 bridgehead atoms. The average molecular weight is 324 g/mol. The number of alkyl halides is 1. The lowest BCUT2D eigenvalue weighted by Gasteiger charge is -2.03. The summed E-state index contributed by atoms with van der Waals surface area (Å²) in [4.78, 5) is 8.32. The standard InChI is InChI=1S/C20H21FN2O/c1-3-13-24-20-22-14-19(15-23-20)18-11-9-17(10-12-18)8-6-4-5-7-16(2)21/h3,9-12,14-16H,1,4-5,7,13H2,2H3. The number of rotatable bonds is 7. The van der Waals surface area contributed by atoms with Crippen molar-refractivity contribution >= 4 is 0 Å². The molecule has 4 heteroatoms. The summed E-state index contributed by atoms with van der Waals surface area (Å²) >= 11 is 0. The van der Waals surface area contributed by atoms with E-state index in [9.17, 15) is 4.39 Å². The van der Waals surface area contributed by atoms with Gasteiger partial charge in [0.25, 0.3) is 0 Å². The van der Waals surface area contributed by atoms with E-state index in [4.69, 9.17) is 4.74 Å². The molecule has 1 atom stereocenters. The lowest BCUT2D eigenvalue weighted by molar-refractivity contribution is 0.333. The van der Waals surface area contributed by atoms with Gasteiger partial charge in [-0.3, -0.25) is 0 Å². The maximum atomic E-state index is 12.7. The molecular formula is C20H21FN2O. The monoisotopic (exact) mass is 324 g/mol. The molecule has 0 aliphatic heterocycles. The Balaban J connectivity index is 1.94. The number of nitrogens with zero attached hydrogens (tertiary/aromatic N) is 2. The molecule has 0 N–H and O–H groups in total. The van der Waals surface area contributed by atoms with Gasteiger partial charge >= 0.3 is 6.01 Å². The number of hydrogen-bond acceptors (Lipinski definition) is 3. The van der Waals surface area contributed by atoms with E-state index in [-0.39, 0.29) is 0 Å². The zero-order valence-electron chi connectivity index (χ0n) is 13.8. The van der Waals surface area contributed by atoms with Gasteiger partial charge in [-0.2, -0.15) is 0 Å². The van der Waals surface area contributed by atoms with Crippen molar-refractivity contribution in [1.82, 2.24) is 9.97 Å². The highest BCUT2D eigenvalue weighted by molar-refractivity contribution is 5.62. The van der Waals surface area contributed by atoms with E-state index >= 15 is 0 Å². The molecule has 124 valence electrons. The Morgan fingerprint density at radius 3 is 2.54 bits per heavy atom. The van der Waals surface area contributed by atoms with E-state index in [0.29, 0.717) is 19.0 Å². The molecule has 2 aromatic rings. The molecule has 0 fully saturated rings. The molecule has 0 saturated carbocycles. The predicted molar refractivity (Wildman–Crippen MR) is 94.5 cm³/mol. The summed E-state index contributed by atoms with van der Waals surface area (Å²) in [6.45, 7) is 5.54. The van der Waals surface area contributed by atoms with E-state index in [1.54, 1.807) is 25.4 Å². The summed E-state index contributed by atoms with van der Waals surface area (Å²) in [5, 5.41) is 0. The van der Waals surface area contributed by atoms with Crippen LogP contribution in [0.2, 0.25) is 0 Å². The van der Waals surface area contributed by atoms with Gasteiger partial charge in [-0.15, -0.1) is 0 Å². The fraction of sp³-hybridized carbons (Fsp3) is 0.300. The lowest BCUT2D eigenvalue weighted by Crippen LogP contribution is -1.97. The number of aromatic nitrogens is 2. The Kier molecular flexibility index (Phi) is 6.97. The summed E-state index contributed by atoms with van der Waals surface area (Å²) in [6.07, 6.45) is 6.43. The third-order valence-electron chi connectivity index (χ3n) is 3.31. The third-order valence-corrected chi connectivity index (χ3v) is 3.31. The second kappa shape index (κ2) is 9.46. The van der Waals surface area contributed by atoms with Crippen molar-refractivity contribution in [3.05, 3.63) is 54.9 Å². The van der Waals surface area contributed by atoms with Gasteiger partial charge < -0.3 is 4.74 Å². The van der Waals surface area contributed by atoms with Gasteiger partial charge in [0.1, 0.15) is 6.61 Å². The molecule has 0 saturated heterocycles. The largest absolute Gasteiger partial charge is 0.459 e. The Morgan fingerprint density at radius 1 is 1.21 bits per heavy atom. The van der Waals surface area contributed by atoms with Crippen molar-refractivity contribution in [3.8, 4) is 29.0 Å². The Morgan fingerprint density at radius 2 is 1.92 bits per heavy atom. The first kappa shape index (κ1) is 17.7. The molecule has 2 rings (SSSR count). The van der Waals surface area contributed by atoms with E-state index in [0.717, 1.165) is 29.5 Å². The number of halogens is 1. The third kappa shape index (κ3) is 5.85. The van der Waals surface area contributed by atoms with Crippen LogP contribution in [0.4, 0.5) is 4.39 Å². The maximum Gasteiger partial charge on any atom is 0.316 e. The smallest absolute Gasteiger partial charge is 0.316 e. The zero-order chi connectivity index (χ0) is 17.2. The molecule has 1 heterocycles. The Labute approximate surface area is 142 Å². The minimum atomic E-state index is -0.748. The first-order valence-corrected chi connectivity index (χ1v) is 7.98. The molecule has 0 amide bonds. The van der Waals surface area contributed by atoms with Crippen LogP contribution >= 0.6 is 0 Å². The lowest BCUT2D eigenvalue weighted by atomic mass is 10.1. The van der Waals surface area contributed by atoms with Crippen LogP contribution in [0.3, 0.4) is 0 Å². The van der Waals surface area contributed by atoms with Crippen LogP contribution in [0, 0.1) is 11.8 Å². The van der Waals surface area contributed by atoms with Crippen molar-refractivity contribution in [1.29, 1.82) is 0 Å². The number of benzene rings is 1. The van der Waals surface area contributed by atoms with Crippen LogP contribution in [0.1, 0.15) is 31.7 Å². The molecule has 3 nitrogen and oxygen atoms in total. The quantitative estimate of drug-likeness (QED) is 0.424. The average Bonchev–Trinajstić information content (AvgIpc) is 2.60. The van der Waals surface area contributed by atoms with Crippen LogP contribution in [-0.2, 0) is 0 Å². The highest BCUT2D eigenvalue weighted by atomic mass is 19.1. The number of ether oxygens (including phenoxy) is 1. The van der Waals surface area contributed by atoms with Gasteiger partial charge in [-0.1, -0.05) is 36.6 Å². The van der Waals surface area contributed by atoms with Crippen molar-refractivity contribution in [2.75, 3.05) is 6.61 Å². The minimum absolute atomic E-state index is 0.337. The molecule has 1 unspecified atom stereocenters. The first-order valence-electron chi connectivity index (χ1n) is 7.98. The molecule has 1 aromatic heterocycles. The van der Waals surface area contributed by atoms with Crippen molar-refractivity contribution in [2.24, 2.45) is 0 Å². The van der Waals surface area contributed by atoms with Crippen LogP contribution in [0.25, 0.3) is 11.1 Å². The summed E-state index contributed by atoms with van der Waals surface area (Å²) < 4.78 is 17.9. The van der Waals surface area contributed by atoms with Gasteiger partial charge in [0, 0.05) is 29.9 Å². The minimum Gasteiger partial charge on any atom is -0.459 e. The second-order valence-electron chi connectivity index (χ2n) is 5.41. The Bertz CT molecular complexity index is 697. The van der Waals surface area contributed by atoms with Crippen molar-refractivity contribution in [2.45, 2.75) is 32.4 Å². The molecule has 1 aromatic carbocycles. The van der Waals surface area contributed by atoms with E-state index in [1.165, 1.54) is 0 Å². The fourth-order valence-corrected chi connectivity index (χ4v) is 2.06. The molecule has 0 aliphatic rings. The van der Waals surface area contributed by atoms with E-state index in [2.05, 4.69) is 28.4 Å². The maximum absolute atomic E-state index is 12.7. The van der Waals surface area contributed by atoms with Crippen LogP contribution in [0.15, 0.2) is 49.3 Å². The second-order valence-corrected chi connectivity index (χ2v) is 5.41. The van der Waals surface area contributed by atoms with E-state index in [1.807, 2.05) is 24.3 Å². The molecular weight excluding hydrogens is 303 g/mol. The molecule has 0 radical (unpaired) electrons. The van der Waals surface area contributed by atoms with Gasteiger partial charge in [0.15, 0.2) is 0 Å².